The third kappa shape index (κ3) is 17.5. The standard InChI is InChI=1S/C21H36N4O4.C12H24N2O2.2C2H6/c1-10(2)7-12(8-14(26)18(23)27)24-19(28)16-15-11(3)13(15)9-25(16)20(29)17(22)21(4,5)6;1-9(15)14-10(8-12(2,3)4)6-7-11(16)13-5;2*1-2/h10-13,15-17H,7-9,22H2,1-6H3,(H2,23,27)(H,24,28);10H,6-8H2,1-5H3,(H,13,16)(H,14,15);2*1-2H3/t11?,12?,13-,15+,16?,17?;10-;;/m11../s1. The van der Waals surface area contributed by atoms with Crippen LogP contribution in [0.3, 0.4) is 0 Å². The van der Waals surface area contributed by atoms with E-state index in [-0.39, 0.29) is 53.3 Å². The highest BCUT2D eigenvalue weighted by Gasteiger charge is 2.62. The highest BCUT2D eigenvalue weighted by molar-refractivity contribution is 6.35. The first-order valence-electron chi connectivity index (χ1n) is 18.2. The molecule has 1 heterocycles. The molecule has 1 saturated carbocycles. The van der Waals surface area contributed by atoms with Crippen LogP contribution in [-0.4, -0.2) is 78.0 Å². The summed E-state index contributed by atoms with van der Waals surface area (Å²) < 4.78 is 0. The van der Waals surface area contributed by atoms with Gasteiger partial charge in [-0.15, -0.1) is 0 Å². The van der Waals surface area contributed by atoms with Crippen molar-refractivity contribution in [3.63, 3.8) is 0 Å². The molecule has 0 aromatic carbocycles. The maximum Gasteiger partial charge on any atom is 0.284 e. The van der Waals surface area contributed by atoms with Crippen LogP contribution >= 0.6 is 0 Å². The molecule has 2 rings (SSSR count). The van der Waals surface area contributed by atoms with Gasteiger partial charge in [-0.05, 0) is 53.8 Å². The summed E-state index contributed by atoms with van der Waals surface area (Å²) in [5.41, 5.74) is 11.0. The fourth-order valence-electron chi connectivity index (χ4n) is 6.09. The Bertz CT molecular complexity index is 1080. The molecule has 0 aromatic heterocycles. The lowest BCUT2D eigenvalue weighted by molar-refractivity contribution is -0.143. The monoisotopic (exact) mass is 697 g/mol. The Morgan fingerprint density at radius 3 is 1.84 bits per heavy atom. The Balaban J connectivity index is 0. The van der Waals surface area contributed by atoms with Crippen molar-refractivity contribution in [1.29, 1.82) is 0 Å². The quantitative estimate of drug-likeness (QED) is 0.180. The van der Waals surface area contributed by atoms with Crippen molar-refractivity contribution in [3.8, 4) is 0 Å². The number of carbonyl (C=O) groups is 6. The van der Waals surface area contributed by atoms with Crippen LogP contribution in [0.2, 0.25) is 0 Å². The predicted molar refractivity (Wildman–Crippen MR) is 197 cm³/mol. The van der Waals surface area contributed by atoms with Gasteiger partial charge in [0.25, 0.3) is 5.91 Å². The first kappa shape index (κ1) is 48.1. The number of fused-ring (bicyclic) bond motifs is 1. The zero-order chi connectivity index (χ0) is 39.0. The largest absolute Gasteiger partial charge is 0.363 e. The molecule has 5 amide bonds. The molecular weight excluding hydrogens is 624 g/mol. The SMILES string of the molecule is CC.CC.CC(C)CC(CC(=O)C(N)=O)NC(=O)C1[C@H]2C(C)[C@H]2CN1C(=O)C(N)C(C)(C)C.CNC(=O)CC[C@H](CC(C)(C)C)NC(C)=O. The number of primary amides is 1. The lowest BCUT2D eigenvalue weighted by atomic mass is 9.86. The van der Waals surface area contributed by atoms with Crippen molar-refractivity contribution in [3.05, 3.63) is 0 Å². The molecule has 286 valence electrons. The molecule has 7 N–H and O–H groups in total. The number of nitrogens with two attached hydrogens (primary N) is 2. The zero-order valence-electron chi connectivity index (χ0n) is 33.4. The van der Waals surface area contributed by atoms with Crippen LogP contribution in [0.1, 0.15) is 129 Å². The molecule has 12 nitrogen and oxygen atoms in total. The van der Waals surface area contributed by atoms with Crippen LogP contribution in [0, 0.1) is 34.5 Å². The molecule has 0 radical (unpaired) electrons. The van der Waals surface area contributed by atoms with Crippen molar-refractivity contribution in [2.24, 2.45) is 46.0 Å². The van der Waals surface area contributed by atoms with Crippen molar-refractivity contribution < 1.29 is 28.8 Å². The number of nitrogens with zero attached hydrogens (tertiary/aromatic N) is 1. The van der Waals surface area contributed by atoms with Crippen molar-refractivity contribution in [2.45, 2.75) is 153 Å². The Morgan fingerprint density at radius 2 is 1.43 bits per heavy atom. The molecule has 1 saturated heterocycles. The second-order valence-electron chi connectivity index (χ2n) is 15.6. The molecule has 0 spiro atoms. The van der Waals surface area contributed by atoms with E-state index in [1.807, 2.05) is 62.3 Å². The van der Waals surface area contributed by atoms with E-state index in [1.165, 1.54) is 6.92 Å². The number of Topliss-reactive ketones (excluding diaryl/α,β-unsaturated/α-hetero) is 1. The number of amides is 5. The minimum atomic E-state index is -1.00. The topological polar surface area (TPSA) is 194 Å². The van der Waals surface area contributed by atoms with Gasteiger partial charge in [-0.2, -0.15) is 0 Å². The average molecular weight is 697 g/mol. The van der Waals surface area contributed by atoms with Gasteiger partial charge in [0.1, 0.15) is 6.04 Å². The van der Waals surface area contributed by atoms with Gasteiger partial charge in [0.2, 0.25) is 29.4 Å². The molecule has 4 unspecified atom stereocenters. The van der Waals surface area contributed by atoms with Gasteiger partial charge in [-0.1, -0.05) is 90.0 Å². The third-order valence-electron chi connectivity index (χ3n) is 8.57. The zero-order valence-corrected chi connectivity index (χ0v) is 33.4. The van der Waals surface area contributed by atoms with Gasteiger partial charge >= 0.3 is 0 Å². The normalized spacial score (nSPS) is 21.0. The van der Waals surface area contributed by atoms with E-state index >= 15 is 0 Å². The summed E-state index contributed by atoms with van der Waals surface area (Å²) in [6.07, 6.45) is 2.43. The van der Waals surface area contributed by atoms with Crippen LogP contribution in [0.5, 0.6) is 0 Å². The number of rotatable bonds is 13. The smallest absolute Gasteiger partial charge is 0.284 e. The minimum absolute atomic E-state index is 0.0178. The van der Waals surface area contributed by atoms with Crippen LogP contribution in [0.15, 0.2) is 0 Å². The maximum absolute atomic E-state index is 13.2. The van der Waals surface area contributed by atoms with Crippen molar-refractivity contribution in [1.82, 2.24) is 20.9 Å². The first-order valence-corrected chi connectivity index (χ1v) is 18.2. The maximum atomic E-state index is 13.2. The summed E-state index contributed by atoms with van der Waals surface area (Å²) in [4.78, 5) is 73.0. The summed E-state index contributed by atoms with van der Waals surface area (Å²) in [5.74, 6) is -1.23. The Hall–Kier alpha value is -3.02. The summed E-state index contributed by atoms with van der Waals surface area (Å²) in [6.45, 7) is 28.2. The molecule has 1 aliphatic carbocycles. The Morgan fingerprint density at radius 1 is 0.898 bits per heavy atom. The number of hydrogen-bond donors (Lipinski definition) is 5. The van der Waals surface area contributed by atoms with Crippen LogP contribution < -0.4 is 27.4 Å². The summed E-state index contributed by atoms with van der Waals surface area (Å²) in [5, 5.41) is 8.40. The predicted octanol–water partition coefficient (Wildman–Crippen LogP) is 3.93. The van der Waals surface area contributed by atoms with E-state index in [0.717, 1.165) is 6.42 Å². The summed E-state index contributed by atoms with van der Waals surface area (Å²) in [7, 11) is 1.62. The van der Waals surface area contributed by atoms with Gasteiger partial charge in [-0.25, -0.2) is 0 Å². The highest BCUT2D eigenvalue weighted by Crippen LogP contribution is 2.55. The Labute approximate surface area is 297 Å². The van der Waals surface area contributed by atoms with E-state index in [0.29, 0.717) is 37.6 Å². The van der Waals surface area contributed by atoms with Gasteiger partial charge in [0, 0.05) is 45.4 Å². The molecule has 1 aliphatic heterocycles. The van der Waals surface area contributed by atoms with E-state index < -0.39 is 35.2 Å². The molecule has 2 aliphatic rings. The molecule has 0 aromatic rings. The molecule has 7 atom stereocenters. The van der Waals surface area contributed by atoms with Gasteiger partial charge < -0.3 is 32.3 Å². The van der Waals surface area contributed by atoms with E-state index in [2.05, 4.69) is 43.6 Å². The molecule has 49 heavy (non-hydrogen) atoms. The van der Waals surface area contributed by atoms with Crippen LogP contribution in [0.4, 0.5) is 0 Å². The van der Waals surface area contributed by atoms with Gasteiger partial charge in [0.05, 0.1) is 6.04 Å². The Kier molecular flexibility index (Phi) is 21.5. The minimum Gasteiger partial charge on any atom is -0.363 e. The van der Waals surface area contributed by atoms with E-state index in [4.69, 9.17) is 11.5 Å². The van der Waals surface area contributed by atoms with Crippen molar-refractivity contribution >= 4 is 35.3 Å². The van der Waals surface area contributed by atoms with Crippen molar-refractivity contribution in [2.75, 3.05) is 13.6 Å². The fraction of sp³-hybridized carbons (Fsp3) is 0.838. The van der Waals surface area contributed by atoms with Crippen LogP contribution in [-0.2, 0) is 28.8 Å². The first-order chi connectivity index (χ1) is 22.5. The lowest BCUT2D eigenvalue weighted by Gasteiger charge is -2.35. The molecule has 0 bridgehead atoms. The third-order valence-corrected chi connectivity index (χ3v) is 8.57. The van der Waals surface area contributed by atoms with E-state index in [9.17, 15) is 28.8 Å². The number of nitrogens with one attached hydrogen (secondary N) is 3. The van der Waals surface area contributed by atoms with Gasteiger partial charge in [-0.3, -0.25) is 28.8 Å². The number of carbonyl (C=O) groups excluding carboxylic acids is 6. The number of piperidine rings is 1. The molecule has 12 heteroatoms. The van der Waals surface area contributed by atoms with E-state index in [1.54, 1.807) is 11.9 Å². The second kappa shape index (κ2) is 21.9. The fourth-order valence-corrected chi connectivity index (χ4v) is 6.09. The number of likely N-dealkylation sites (tertiary alicyclic amines) is 1. The summed E-state index contributed by atoms with van der Waals surface area (Å²) in [6, 6.07) is -1.71. The van der Waals surface area contributed by atoms with Gasteiger partial charge in [0.15, 0.2) is 0 Å². The average Bonchev–Trinajstić information content (AvgIpc) is 3.42. The number of hydrogen-bond acceptors (Lipinski definition) is 7. The molecular formula is C37H72N6O6. The van der Waals surface area contributed by atoms with Crippen LogP contribution in [0.25, 0.3) is 0 Å². The highest BCUT2D eigenvalue weighted by atomic mass is 16.2. The second-order valence-corrected chi connectivity index (χ2v) is 15.6. The summed E-state index contributed by atoms with van der Waals surface area (Å²) >= 11 is 0. The number of ketones is 1. The lowest BCUT2D eigenvalue weighted by Crippen LogP contribution is -2.57. The molecule has 2 fully saturated rings.